The number of aliphatic imine (C=N–C) groups is 1. The van der Waals surface area contributed by atoms with Crippen molar-refractivity contribution in [2.24, 2.45) is 4.99 Å². The van der Waals surface area contributed by atoms with Gasteiger partial charge in [-0.15, -0.1) is 24.0 Å². The Morgan fingerprint density at radius 2 is 1.69 bits per heavy atom. The third kappa shape index (κ3) is 6.11. The average Bonchev–Trinajstić information content (AvgIpc) is 2.80. The van der Waals surface area contributed by atoms with Gasteiger partial charge in [-0.25, -0.2) is 4.99 Å². The van der Waals surface area contributed by atoms with Crippen molar-refractivity contribution >= 4 is 29.9 Å². The fourth-order valence-corrected chi connectivity index (χ4v) is 4.00. The molecule has 3 N–H and O–H groups in total. The van der Waals surface area contributed by atoms with Gasteiger partial charge in [-0.05, 0) is 67.5 Å². The van der Waals surface area contributed by atoms with Gasteiger partial charge in [0.05, 0.1) is 27.9 Å². The number of ether oxygens (including phenoxy) is 3. The first-order valence-corrected chi connectivity index (χ1v) is 10.7. The number of nitrogens with zero attached hydrogens (tertiary/aromatic N) is 1. The molecule has 2 aromatic carbocycles. The van der Waals surface area contributed by atoms with Crippen LogP contribution in [-0.4, -0.2) is 38.9 Å². The highest BCUT2D eigenvalue weighted by molar-refractivity contribution is 14.0. The van der Waals surface area contributed by atoms with Gasteiger partial charge >= 0.3 is 0 Å². The van der Waals surface area contributed by atoms with E-state index in [1.807, 2.05) is 19.1 Å². The minimum absolute atomic E-state index is 0. The molecule has 3 rings (SSSR count). The highest BCUT2D eigenvalue weighted by atomic mass is 127. The molecule has 1 aliphatic carbocycles. The molecule has 0 heterocycles. The summed E-state index contributed by atoms with van der Waals surface area (Å²) in [6.45, 7) is 3.72. The molecule has 0 atom stereocenters. The first kappa shape index (κ1) is 25.9. The van der Waals surface area contributed by atoms with Crippen molar-refractivity contribution in [1.29, 1.82) is 0 Å². The molecular weight excluding hydrogens is 521 g/mol. The number of aryl methyl sites for hydroxylation is 1. The molecule has 1 aliphatic rings. The van der Waals surface area contributed by atoms with E-state index in [0.717, 1.165) is 30.5 Å². The molecule has 0 aliphatic heterocycles. The lowest BCUT2D eigenvalue weighted by molar-refractivity contribution is 0.324. The van der Waals surface area contributed by atoms with E-state index >= 15 is 0 Å². The van der Waals surface area contributed by atoms with Crippen LogP contribution in [0.2, 0.25) is 0 Å². The number of nitrogens with one attached hydrogen (secondary N) is 2. The molecule has 32 heavy (non-hydrogen) atoms. The summed E-state index contributed by atoms with van der Waals surface area (Å²) in [6, 6.07) is 7.65. The van der Waals surface area contributed by atoms with E-state index in [1.54, 1.807) is 27.4 Å². The lowest BCUT2D eigenvalue weighted by atomic mass is 9.88. The van der Waals surface area contributed by atoms with E-state index in [9.17, 15) is 5.11 Å². The Morgan fingerprint density at radius 3 is 2.31 bits per heavy atom. The molecule has 0 saturated carbocycles. The first-order valence-electron chi connectivity index (χ1n) is 10.7. The van der Waals surface area contributed by atoms with E-state index < -0.39 is 0 Å². The maximum atomic E-state index is 10.4. The number of phenolic OH excluding ortho intramolecular Hbond substituents is 1. The van der Waals surface area contributed by atoms with E-state index in [-0.39, 0.29) is 24.0 Å². The van der Waals surface area contributed by atoms with Crippen LogP contribution in [0.4, 0.5) is 0 Å². The van der Waals surface area contributed by atoms with Crippen LogP contribution < -0.4 is 24.8 Å². The molecule has 0 unspecified atom stereocenters. The molecule has 0 saturated heterocycles. The molecule has 176 valence electrons. The van der Waals surface area contributed by atoms with Crippen molar-refractivity contribution in [2.75, 3.05) is 27.9 Å². The second-order valence-electron chi connectivity index (χ2n) is 7.49. The number of phenols is 1. The summed E-state index contributed by atoms with van der Waals surface area (Å²) in [4.78, 5) is 4.71. The van der Waals surface area contributed by atoms with Gasteiger partial charge in [0, 0.05) is 18.7 Å². The summed E-state index contributed by atoms with van der Waals surface area (Å²) >= 11 is 0. The predicted molar refractivity (Wildman–Crippen MR) is 138 cm³/mol. The number of guanidine groups is 1. The minimum Gasteiger partial charge on any atom is -0.508 e. The van der Waals surface area contributed by atoms with Crippen LogP contribution in [0.5, 0.6) is 23.0 Å². The minimum atomic E-state index is 0. The van der Waals surface area contributed by atoms with E-state index in [4.69, 9.17) is 19.2 Å². The van der Waals surface area contributed by atoms with Crippen molar-refractivity contribution in [3.05, 3.63) is 46.5 Å². The molecule has 7 nitrogen and oxygen atoms in total. The summed E-state index contributed by atoms with van der Waals surface area (Å²) in [5, 5.41) is 17.1. The number of benzene rings is 2. The number of methoxy groups -OCH3 is 3. The van der Waals surface area contributed by atoms with E-state index in [1.165, 1.54) is 24.0 Å². The SMILES string of the molecule is CCNC(=NCc1cc(OC)c(OC)c(OC)c1)NCc1c(O)ccc2c1CCCC2.I. The molecule has 0 aromatic heterocycles. The van der Waals surface area contributed by atoms with Gasteiger partial charge in [-0.2, -0.15) is 0 Å². The molecule has 8 heteroatoms. The van der Waals surface area contributed by atoms with Crippen molar-refractivity contribution in [3.8, 4) is 23.0 Å². The zero-order chi connectivity index (χ0) is 22.2. The van der Waals surface area contributed by atoms with Crippen LogP contribution in [0.3, 0.4) is 0 Å². The standard InChI is InChI=1S/C24H33N3O4.HI/c1-5-25-24(26-14-16-12-21(29-2)23(31-4)22(13-16)30-3)27-15-19-18-9-7-6-8-17(18)10-11-20(19)28;/h10-13,28H,5-9,14-15H2,1-4H3,(H2,25,26,27);1H. The Kier molecular flexibility index (Phi) is 10.2. The molecule has 0 bridgehead atoms. The van der Waals surface area contributed by atoms with Crippen molar-refractivity contribution in [1.82, 2.24) is 10.6 Å². The molecular formula is C24H34IN3O4. The number of halogens is 1. The zero-order valence-corrected chi connectivity index (χ0v) is 21.6. The van der Waals surface area contributed by atoms with Crippen molar-refractivity contribution < 1.29 is 19.3 Å². The smallest absolute Gasteiger partial charge is 0.203 e. The number of rotatable bonds is 8. The van der Waals surface area contributed by atoms with E-state index in [0.29, 0.717) is 42.0 Å². The second kappa shape index (κ2) is 12.6. The lowest BCUT2D eigenvalue weighted by Gasteiger charge is -2.21. The van der Waals surface area contributed by atoms with Gasteiger partial charge in [0.2, 0.25) is 5.75 Å². The summed E-state index contributed by atoms with van der Waals surface area (Å²) in [5.41, 5.74) is 4.53. The van der Waals surface area contributed by atoms with Crippen LogP contribution >= 0.6 is 24.0 Å². The Morgan fingerprint density at radius 1 is 1.00 bits per heavy atom. The molecule has 0 radical (unpaired) electrons. The molecule has 2 aromatic rings. The summed E-state index contributed by atoms with van der Waals surface area (Å²) in [5.74, 6) is 2.79. The first-order chi connectivity index (χ1) is 15.1. The monoisotopic (exact) mass is 555 g/mol. The van der Waals surface area contributed by atoms with Crippen LogP contribution in [0.1, 0.15) is 42.0 Å². The highest BCUT2D eigenvalue weighted by Gasteiger charge is 2.17. The zero-order valence-electron chi connectivity index (χ0n) is 19.3. The van der Waals surface area contributed by atoms with Gasteiger partial charge in [0.25, 0.3) is 0 Å². The Balaban J connectivity index is 0.00000363. The predicted octanol–water partition coefficient (Wildman–Crippen LogP) is 4.17. The molecule has 0 fully saturated rings. The third-order valence-corrected chi connectivity index (χ3v) is 5.55. The van der Waals surface area contributed by atoms with Gasteiger partial charge in [0.1, 0.15) is 5.75 Å². The average molecular weight is 555 g/mol. The van der Waals surface area contributed by atoms with E-state index in [2.05, 4.69) is 16.7 Å². The fraction of sp³-hybridized carbons (Fsp3) is 0.458. The number of hydrogen-bond acceptors (Lipinski definition) is 5. The third-order valence-electron chi connectivity index (χ3n) is 5.55. The highest BCUT2D eigenvalue weighted by Crippen LogP contribution is 2.38. The summed E-state index contributed by atoms with van der Waals surface area (Å²) in [7, 11) is 4.79. The maximum absolute atomic E-state index is 10.4. The van der Waals surface area contributed by atoms with Crippen LogP contribution in [-0.2, 0) is 25.9 Å². The summed E-state index contributed by atoms with van der Waals surface area (Å²) < 4.78 is 16.3. The van der Waals surface area contributed by atoms with Crippen LogP contribution in [0.25, 0.3) is 0 Å². The Labute approximate surface area is 207 Å². The lowest BCUT2D eigenvalue weighted by Crippen LogP contribution is -2.37. The second-order valence-corrected chi connectivity index (χ2v) is 7.49. The van der Waals surface area contributed by atoms with Crippen molar-refractivity contribution in [2.45, 2.75) is 45.7 Å². The van der Waals surface area contributed by atoms with Crippen LogP contribution in [0.15, 0.2) is 29.3 Å². The number of aromatic hydroxyl groups is 1. The molecule has 0 amide bonds. The van der Waals surface area contributed by atoms with Gasteiger partial charge in [0.15, 0.2) is 17.5 Å². The quantitative estimate of drug-likeness (QED) is 0.258. The number of fused-ring (bicyclic) bond motifs is 1. The van der Waals surface area contributed by atoms with Gasteiger partial charge < -0.3 is 30.0 Å². The molecule has 0 spiro atoms. The fourth-order valence-electron chi connectivity index (χ4n) is 4.00. The largest absolute Gasteiger partial charge is 0.508 e. The summed E-state index contributed by atoms with van der Waals surface area (Å²) in [6.07, 6.45) is 4.47. The topological polar surface area (TPSA) is 84.3 Å². The van der Waals surface area contributed by atoms with Crippen molar-refractivity contribution in [3.63, 3.8) is 0 Å². The van der Waals surface area contributed by atoms with Gasteiger partial charge in [-0.1, -0.05) is 6.07 Å². The van der Waals surface area contributed by atoms with Crippen LogP contribution in [0, 0.1) is 0 Å². The number of hydrogen-bond donors (Lipinski definition) is 3. The Bertz CT molecular complexity index is 909. The maximum Gasteiger partial charge on any atom is 0.203 e. The Hall–Kier alpha value is -2.36. The van der Waals surface area contributed by atoms with Gasteiger partial charge in [-0.3, -0.25) is 0 Å². The normalized spacial score (nSPS) is 12.9.